The average molecular weight is 423 g/mol. The van der Waals surface area contributed by atoms with E-state index in [2.05, 4.69) is 10.6 Å². The van der Waals surface area contributed by atoms with Crippen LogP contribution in [-0.4, -0.2) is 37.0 Å². The molecule has 1 saturated heterocycles. The van der Waals surface area contributed by atoms with Gasteiger partial charge in [-0.25, -0.2) is 4.79 Å². The van der Waals surface area contributed by atoms with Crippen molar-refractivity contribution in [3.63, 3.8) is 0 Å². The maximum Gasteiger partial charge on any atom is 0.321 e. The Morgan fingerprint density at radius 1 is 1.06 bits per heavy atom. The predicted octanol–water partition coefficient (Wildman–Crippen LogP) is 2.17. The van der Waals surface area contributed by atoms with Crippen LogP contribution in [0, 0.1) is 5.92 Å². The van der Waals surface area contributed by atoms with E-state index >= 15 is 0 Å². The van der Waals surface area contributed by atoms with E-state index in [4.69, 9.17) is 4.74 Å². The molecule has 1 heterocycles. The molecule has 0 unspecified atom stereocenters. The number of imide groups is 1. The number of nitrogens with zero attached hydrogens (tertiary/aromatic N) is 1. The van der Waals surface area contributed by atoms with Crippen molar-refractivity contribution in [2.45, 2.75) is 26.3 Å². The zero-order valence-corrected chi connectivity index (χ0v) is 17.3. The van der Waals surface area contributed by atoms with Crippen LogP contribution in [0.15, 0.2) is 54.6 Å². The quantitative estimate of drug-likeness (QED) is 0.664. The molecule has 0 bridgehead atoms. The highest BCUT2D eigenvalue weighted by molar-refractivity contribution is 6.00. The van der Waals surface area contributed by atoms with Gasteiger partial charge in [-0.15, -0.1) is 0 Å². The number of carbonyl (C=O) groups is 4. The Kier molecular flexibility index (Phi) is 7.37. The van der Waals surface area contributed by atoms with Crippen molar-refractivity contribution in [3.8, 4) is 0 Å². The lowest BCUT2D eigenvalue weighted by Crippen LogP contribution is -2.41. The third-order valence-electron chi connectivity index (χ3n) is 5.02. The molecule has 1 aliphatic heterocycles. The maximum absolute atomic E-state index is 12.4. The highest BCUT2D eigenvalue weighted by Gasteiger charge is 2.37. The fourth-order valence-corrected chi connectivity index (χ4v) is 3.41. The summed E-state index contributed by atoms with van der Waals surface area (Å²) in [5.41, 5.74) is 2.69. The number of carbonyl (C=O) groups excluding carboxylic acids is 4. The number of rotatable bonds is 7. The monoisotopic (exact) mass is 423 g/mol. The Bertz CT molecular complexity index is 961. The number of urea groups is 1. The van der Waals surface area contributed by atoms with E-state index in [9.17, 15) is 19.2 Å². The summed E-state index contributed by atoms with van der Waals surface area (Å²) in [6.45, 7) is 1.88. The number of esters is 1. The van der Waals surface area contributed by atoms with E-state index in [1.165, 1.54) is 0 Å². The molecule has 1 aliphatic rings. The largest absolute Gasteiger partial charge is 0.455 e. The van der Waals surface area contributed by atoms with Gasteiger partial charge in [0.1, 0.15) is 0 Å². The zero-order valence-electron chi connectivity index (χ0n) is 17.3. The Labute approximate surface area is 180 Å². The molecule has 162 valence electrons. The van der Waals surface area contributed by atoms with Gasteiger partial charge in [0.2, 0.25) is 5.91 Å². The third-order valence-corrected chi connectivity index (χ3v) is 5.02. The van der Waals surface area contributed by atoms with Gasteiger partial charge < -0.3 is 15.0 Å². The van der Waals surface area contributed by atoms with Crippen LogP contribution in [0.5, 0.6) is 0 Å². The van der Waals surface area contributed by atoms with E-state index in [0.29, 0.717) is 0 Å². The molecular weight excluding hydrogens is 398 g/mol. The Morgan fingerprint density at radius 2 is 1.77 bits per heavy atom. The van der Waals surface area contributed by atoms with Crippen molar-refractivity contribution in [1.82, 2.24) is 10.6 Å². The van der Waals surface area contributed by atoms with Crippen molar-refractivity contribution in [2.75, 3.05) is 18.1 Å². The molecular formula is C23H25N3O5. The second-order valence-corrected chi connectivity index (χ2v) is 7.21. The van der Waals surface area contributed by atoms with Crippen LogP contribution in [0.2, 0.25) is 0 Å². The first-order valence-electron chi connectivity index (χ1n) is 10.1. The Balaban J connectivity index is 1.44. The minimum atomic E-state index is -0.739. The van der Waals surface area contributed by atoms with Crippen molar-refractivity contribution in [3.05, 3.63) is 65.7 Å². The molecule has 2 aromatic carbocycles. The standard InChI is InChI=1S/C23H25N3O5/c1-2-17-10-6-7-11-19(17)26-14-18(12-21(26)28)22(29)31-15-20(27)25-23(30)24-13-16-8-4-3-5-9-16/h3-11,18H,2,12-15H2,1H3,(H2,24,25,27,30)/t18-/m1/s1. The summed E-state index contributed by atoms with van der Waals surface area (Å²) in [5, 5.41) is 4.66. The van der Waals surface area contributed by atoms with Crippen LogP contribution in [0.3, 0.4) is 0 Å². The molecule has 0 aromatic heterocycles. The number of hydrogen-bond acceptors (Lipinski definition) is 5. The van der Waals surface area contributed by atoms with Gasteiger partial charge in [-0.1, -0.05) is 55.5 Å². The van der Waals surface area contributed by atoms with E-state index in [0.717, 1.165) is 23.2 Å². The number of hydrogen-bond donors (Lipinski definition) is 2. The summed E-state index contributed by atoms with van der Waals surface area (Å²) in [6, 6.07) is 16.1. The molecule has 0 aliphatic carbocycles. The fourth-order valence-electron chi connectivity index (χ4n) is 3.41. The van der Waals surface area contributed by atoms with Crippen LogP contribution in [0.25, 0.3) is 0 Å². The van der Waals surface area contributed by atoms with Crippen molar-refractivity contribution in [2.24, 2.45) is 5.92 Å². The highest BCUT2D eigenvalue weighted by Crippen LogP contribution is 2.29. The van der Waals surface area contributed by atoms with Gasteiger partial charge in [0, 0.05) is 25.2 Å². The molecule has 0 spiro atoms. The first-order chi connectivity index (χ1) is 15.0. The average Bonchev–Trinajstić information content (AvgIpc) is 3.18. The van der Waals surface area contributed by atoms with Crippen molar-refractivity contribution < 1.29 is 23.9 Å². The first kappa shape index (κ1) is 22.0. The van der Waals surface area contributed by atoms with Crippen LogP contribution < -0.4 is 15.5 Å². The molecule has 1 fully saturated rings. The molecule has 1 atom stereocenters. The summed E-state index contributed by atoms with van der Waals surface area (Å²) in [5.74, 6) is -2.19. The predicted molar refractivity (Wildman–Crippen MR) is 114 cm³/mol. The molecule has 31 heavy (non-hydrogen) atoms. The summed E-state index contributed by atoms with van der Waals surface area (Å²) in [7, 11) is 0. The van der Waals surface area contributed by atoms with E-state index in [1.807, 2.05) is 61.5 Å². The summed E-state index contributed by atoms with van der Waals surface area (Å²) < 4.78 is 5.03. The van der Waals surface area contributed by atoms with Gasteiger partial charge in [0.25, 0.3) is 5.91 Å². The lowest BCUT2D eigenvalue weighted by molar-refractivity contribution is -0.152. The topological polar surface area (TPSA) is 105 Å². The van der Waals surface area contributed by atoms with Gasteiger partial charge in [-0.05, 0) is 23.6 Å². The van der Waals surface area contributed by atoms with E-state index in [1.54, 1.807) is 4.90 Å². The molecule has 2 N–H and O–H groups in total. The fraction of sp³-hybridized carbons (Fsp3) is 0.304. The summed E-state index contributed by atoms with van der Waals surface area (Å²) in [4.78, 5) is 50.0. The summed E-state index contributed by atoms with van der Waals surface area (Å²) >= 11 is 0. The number of nitrogens with one attached hydrogen (secondary N) is 2. The zero-order chi connectivity index (χ0) is 22.2. The minimum Gasteiger partial charge on any atom is -0.455 e. The SMILES string of the molecule is CCc1ccccc1N1C[C@H](C(=O)OCC(=O)NC(=O)NCc2ccccc2)CC1=O. The van der Waals surface area contributed by atoms with Gasteiger partial charge >= 0.3 is 12.0 Å². The second-order valence-electron chi connectivity index (χ2n) is 7.21. The number of para-hydroxylation sites is 1. The van der Waals surface area contributed by atoms with Crippen LogP contribution in [0.1, 0.15) is 24.5 Å². The molecule has 3 rings (SSSR count). The maximum atomic E-state index is 12.4. The van der Waals surface area contributed by atoms with Gasteiger partial charge in [-0.2, -0.15) is 0 Å². The van der Waals surface area contributed by atoms with Crippen LogP contribution in [-0.2, 0) is 32.1 Å². The van der Waals surface area contributed by atoms with Crippen LogP contribution >= 0.6 is 0 Å². The number of anilines is 1. The lowest BCUT2D eigenvalue weighted by atomic mass is 10.1. The Hall–Kier alpha value is -3.68. The molecule has 0 radical (unpaired) electrons. The molecule has 8 heteroatoms. The molecule has 8 nitrogen and oxygen atoms in total. The van der Waals surface area contributed by atoms with Crippen LogP contribution in [0.4, 0.5) is 10.5 Å². The summed E-state index contributed by atoms with van der Waals surface area (Å²) in [6.07, 6.45) is 0.789. The van der Waals surface area contributed by atoms with E-state index in [-0.39, 0.29) is 25.4 Å². The molecule has 2 aromatic rings. The number of aryl methyl sites for hydroxylation is 1. The molecule has 4 amide bonds. The Morgan fingerprint density at radius 3 is 2.52 bits per heavy atom. The number of ether oxygens (including phenoxy) is 1. The minimum absolute atomic E-state index is 0.0239. The van der Waals surface area contributed by atoms with Gasteiger partial charge in [0.15, 0.2) is 6.61 Å². The first-order valence-corrected chi connectivity index (χ1v) is 10.1. The third kappa shape index (κ3) is 5.91. The van der Waals surface area contributed by atoms with Gasteiger partial charge in [-0.3, -0.25) is 19.7 Å². The highest BCUT2D eigenvalue weighted by atomic mass is 16.5. The van der Waals surface area contributed by atoms with E-state index < -0.39 is 30.4 Å². The smallest absolute Gasteiger partial charge is 0.321 e. The van der Waals surface area contributed by atoms with Crippen molar-refractivity contribution >= 4 is 29.5 Å². The van der Waals surface area contributed by atoms with Gasteiger partial charge in [0.05, 0.1) is 5.92 Å². The number of amides is 4. The molecule has 0 saturated carbocycles. The normalized spacial score (nSPS) is 15.5. The second kappa shape index (κ2) is 10.4. The van der Waals surface area contributed by atoms with Crippen molar-refractivity contribution in [1.29, 1.82) is 0 Å². The number of benzene rings is 2. The lowest BCUT2D eigenvalue weighted by Gasteiger charge is -2.19.